The van der Waals surface area contributed by atoms with Crippen molar-refractivity contribution >= 4 is 36.8 Å². The summed E-state index contributed by atoms with van der Waals surface area (Å²) in [5.41, 5.74) is 1.23. The van der Waals surface area contributed by atoms with Crippen molar-refractivity contribution in [2.45, 2.75) is 77.5 Å². The van der Waals surface area contributed by atoms with Gasteiger partial charge in [-0.3, -0.25) is 0 Å². The second-order valence-electron chi connectivity index (χ2n) is 6.93. The van der Waals surface area contributed by atoms with Gasteiger partial charge in [0.2, 0.25) is 0 Å². The second kappa shape index (κ2) is 10.7. The maximum atomic E-state index is 4.72. The monoisotopic (exact) mass is 451 g/mol. The molecule has 0 atom stereocenters. The van der Waals surface area contributed by atoms with Crippen molar-refractivity contribution in [3.8, 4) is 0 Å². The van der Waals surface area contributed by atoms with Gasteiger partial charge < -0.3 is 0 Å². The number of rotatable bonds is 11. The van der Waals surface area contributed by atoms with Crippen LogP contribution < -0.4 is 0 Å². The van der Waals surface area contributed by atoms with Crippen LogP contribution in [0.1, 0.15) is 59.3 Å². The molecule has 2 rings (SSSR count). The molecule has 0 aliphatic rings. The van der Waals surface area contributed by atoms with Crippen LogP contribution in [-0.2, 0) is 0 Å². The van der Waals surface area contributed by atoms with Crippen LogP contribution in [0.3, 0.4) is 0 Å². The van der Waals surface area contributed by atoms with Crippen LogP contribution in [0.2, 0.25) is 13.3 Å². The van der Waals surface area contributed by atoms with E-state index in [0.29, 0.717) is 0 Å². The molecule has 0 bridgehead atoms. The first-order valence-corrected chi connectivity index (χ1v) is 20.1. The summed E-state index contributed by atoms with van der Waals surface area (Å²) in [5, 5.41) is 1.30. The zero-order valence-electron chi connectivity index (χ0n) is 15.7. The van der Waals surface area contributed by atoms with Crippen LogP contribution >= 0.6 is 8.95 Å². The van der Waals surface area contributed by atoms with Gasteiger partial charge in [0.05, 0.1) is 0 Å². The number of hydrogen-bond acceptors (Lipinski definition) is 2. The minimum atomic E-state index is -2.22. The molecule has 1 nitrogen and oxygen atoms in total. The standard InChI is InChI=1S/C9H7NS.3C4H9.Sn/c11-8-5-1-3-7-4-2-6-10-9(7)8;3*1-3-4-2;/h1-6,11H;3*1,3-4H2,2H3;/q;;;;+1/p-1. The average Bonchev–Trinajstić information content (AvgIpc) is 2.63. The molecule has 132 valence electrons. The molecule has 2 aromatic rings. The van der Waals surface area contributed by atoms with Gasteiger partial charge in [0.25, 0.3) is 0 Å². The van der Waals surface area contributed by atoms with Gasteiger partial charge in [-0.05, 0) is 0 Å². The topological polar surface area (TPSA) is 12.9 Å². The summed E-state index contributed by atoms with van der Waals surface area (Å²) < 4.78 is 4.62. The van der Waals surface area contributed by atoms with Crippen LogP contribution in [0.5, 0.6) is 0 Å². The predicted octanol–water partition coefficient (Wildman–Crippen LogP) is 7.67. The van der Waals surface area contributed by atoms with Crippen molar-refractivity contribution in [2.75, 3.05) is 0 Å². The van der Waals surface area contributed by atoms with Crippen molar-refractivity contribution in [2.24, 2.45) is 0 Å². The van der Waals surface area contributed by atoms with E-state index >= 15 is 0 Å². The summed E-state index contributed by atoms with van der Waals surface area (Å²) in [6.45, 7) is 7.04. The van der Waals surface area contributed by atoms with E-state index in [0.717, 1.165) is 0 Å². The van der Waals surface area contributed by atoms with Gasteiger partial charge in [0.1, 0.15) is 0 Å². The molecule has 0 radical (unpaired) electrons. The van der Waals surface area contributed by atoms with Gasteiger partial charge in [0, 0.05) is 0 Å². The first-order chi connectivity index (χ1) is 11.7. The van der Waals surface area contributed by atoms with Crippen LogP contribution in [0.25, 0.3) is 10.9 Å². The number of fused-ring (bicyclic) bond motifs is 1. The molecule has 0 saturated carbocycles. The molecule has 0 N–H and O–H groups in total. The first kappa shape index (κ1) is 20.1. The Labute approximate surface area is 155 Å². The Morgan fingerprint density at radius 2 is 1.42 bits per heavy atom. The van der Waals surface area contributed by atoms with Crippen LogP contribution in [0.4, 0.5) is 0 Å². The quantitative estimate of drug-likeness (QED) is 0.326. The fourth-order valence-electron chi connectivity index (χ4n) is 3.42. The van der Waals surface area contributed by atoms with Gasteiger partial charge in [-0.1, -0.05) is 0 Å². The number of nitrogens with zero attached hydrogens (tertiary/aromatic N) is 1. The van der Waals surface area contributed by atoms with E-state index in [9.17, 15) is 0 Å². The van der Waals surface area contributed by atoms with Gasteiger partial charge in [-0.15, -0.1) is 0 Å². The third kappa shape index (κ3) is 5.65. The molecule has 0 aliphatic carbocycles. The van der Waals surface area contributed by atoms with E-state index in [1.165, 1.54) is 54.3 Å². The second-order valence-corrected chi connectivity index (χ2v) is 26.2. The summed E-state index contributed by atoms with van der Waals surface area (Å²) in [6, 6.07) is 11.0. The van der Waals surface area contributed by atoms with Gasteiger partial charge in [-0.2, -0.15) is 0 Å². The van der Waals surface area contributed by atoms with E-state index in [-0.39, 0.29) is 0 Å². The van der Waals surface area contributed by atoms with Crippen molar-refractivity contribution in [3.05, 3.63) is 36.5 Å². The Kier molecular flexibility index (Phi) is 8.96. The third-order valence-electron chi connectivity index (χ3n) is 4.88. The fraction of sp³-hybridized carbons (Fsp3) is 0.571. The van der Waals surface area contributed by atoms with E-state index in [4.69, 9.17) is 4.98 Å². The van der Waals surface area contributed by atoms with Crippen molar-refractivity contribution in [1.29, 1.82) is 0 Å². The predicted molar refractivity (Wildman–Crippen MR) is 112 cm³/mol. The molecule has 0 amide bonds. The summed E-state index contributed by atoms with van der Waals surface area (Å²) >= 11 is -2.22. The van der Waals surface area contributed by atoms with Crippen LogP contribution in [0.15, 0.2) is 41.4 Å². The Hall–Kier alpha value is -0.221. The zero-order chi connectivity index (χ0) is 17.3. The number of aromatic nitrogens is 1. The molecule has 0 unspecified atom stereocenters. The third-order valence-corrected chi connectivity index (χ3v) is 26.4. The first-order valence-electron chi connectivity index (χ1n) is 9.77. The molecule has 1 heterocycles. The summed E-state index contributed by atoms with van der Waals surface area (Å²) in [6.07, 6.45) is 10.2. The van der Waals surface area contributed by atoms with Gasteiger partial charge >= 0.3 is 156 Å². The van der Waals surface area contributed by atoms with Gasteiger partial charge in [0.15, 0.2) is 0 Å². The molecule has 0 spiro atoms. The molecule has 1 aromatic heterocycles. The van der Waals surface area contributed by atoms with Gasteiger partial charge in [-0.25, -0.2) is 0 Å². The molecule has 0 saturated heterocycles. The summed E-state index contributed by atoms with van der Waals surface area (Å²) in [7, 11) is 2.33. The summed E-state index contributed by atoms with van der Waals surface area (Å²) in [4.78, 5) is 6.18. The molecule has 1 aromatic carbocycles. The Morgan fingerprint density at radius 3 is 2.00 bits per heavy atom. The Bertz CT molecular complexity index is 587. The number of hydrogen-bond donors (Lipinski definition) is 0. The van der Waals surface area contributed by atoms with Crippen molar-refractivity contribution in [3.63, 3.8) is 0 Å². The molecular weight excluding hydrogens is 417 g/mol. The SMILES string of the molecule is CCC[CH2][Sn]([CH2]CCC)([CH2]CCC)[S]c1cccc2cccnc12. The van der Waals surface area contributed by atoms with Crippen molar-refractivity contribution < 1.29 is 0 Å². The van der Waals surface area contributed by atoms with Crippen molar-refractivity contribution in [1.82, 2.24) is 4.98 Å². The summed E-state index contributed by atoms with van der Waals surface area (Å²) in [5.74, 6) is 0. The molecule has 3 heteroatoms. The fourth-order valence-corrected chi connectivity index (χ4v) is 26.2. The number of unbranched alkanes of at least 4 members (excludes halogenated alkanes) is 3. The normalized spacial score (nSPS) is 12.0. The number of pyridine rings is 1. The molecule has 0 fully saturated rings. The van der Waals surface area contributed by atoms with Crippen LogP contribution in [-0.4, -0.2) is 22.0 Å². The number of para-hydroxylation sites is 1. The molecular formula is C21H33NSSn. The average molecular weight is 450 g/mol. The molecule has 24 heavy (non-hydrogen) atoms. The van der Waals surface area contributed by atoms with E-state index < -0.39 is 17.0 Å². The number of benzene rings is 1. The molecule has 0 aliphatic heterocycles. The van der Waals surface area contributed by atoms with E-state index in [2.05, 4.69) is 60.0 Å². The Morgan fingerprint density at radius 1 is 0.833 bits per heavy atom. The van der Waals surface area contributed by atoms with Crippen LogP contribution in [0, 0.1) is 0 Å². The Balaban J connectivity index is 2.32. The van der Waals surface area contributed by atoms with E-state index in [1.807, 2.05) is 6.20 Å². The maximum absolute atomic E-state index is 4.72. The minimum absolute atomic E-state index is 1.23. The van der Waals surface area contributed by atoms with E-state index in [1.54, 1.807) is 13.3 Å². The zero-order valence-corrected chi connectivity index (χ0v) is 19.4.